The zero-order valence-electron chi connectivity index (χ0n) is 13.7. The number of carboxylic acid groups (broad SMARTS) is 1. The Hall–Kier alpha value is -2.89. The van der Waals surface area contributed by atoms with Crippen molar-refractivity contribution in [3.05, 3.63) is 59.4 Å². The van der Waals surface area contributed by atoms with Gasteiger partial charge in [-0.2, -0.15) is 0 Å². The lowest BCUT2D eigenvalue weighted by molar-refractivity contribution is 0.0689. The van der Waals surface area contributed by atoms with Crippen molar-refractivity contribution in [2.75, 3.05) is 7.11 Å². The van der Waals surface area contributed by atoms with Gasteiger partial charge in [0.25, 0.3) is 5.91 Å². The van der Waals surface area contributed by atoms with Crippen molar-refractivity contribution in [3.63, 3.8) is 0 Å². The summed E-state index contributed by atoms with van der Waals surface area (Å²) in [6.07, 6.45) is 2.90. The maximum Gasteiger partial charge on any atom is 0.354 e. The normalized spacial score (nSPS) is 11.6. The molecule has 24 heavy (non-hydrogen) atoms. The minimum Gasteiger partial charge on any atom is -0.497 e. The smallest absolute Gasteiger partial charge is 0.354 e. The fraction of sp³-hybridized carbons (Fsp3) is 0.278. The van der Waals surface area contributed by atoms with Crippen molar-refractivity contribution in [2.45, 2.75) is 25.8 Å². The van der Waals surface area contributed by atoms with Crippen LogP contribution < -0.4 is 10.1 Å². The maximum absolute atomic E-state index is 12.1. The quantitative estimate of drug-likeness (QED) is 0.815. The van der Waals surface area contributed by atoms with Gasteiger partial charge in [-0.15, -0.1) is 0 Å². The molecule has 2 aromatic rings. The van der Waals surface area contributed by atoms with E-state index in [0.29, 0.717) is 5.56 Å². The average molecular weight is 328 g/mol. The third-order valence-electron chi connectivity index (χ3n) is 3.65. The molecule has 1 aromatic heterocycles. The number of carbonyl (C=O) groups excluding carboxylic acids is 1. The number of aromatic nitrogens is 1. The number of amides is 1. The Kier molecular flexibility index (Phi) is 5.89. The number of aromatic carboxylic acids is 1. The van der Waals surface area contributed by atoms with Crippen molar-refractivity contribution in [3.8, 4) is 5.75 Å². The van der Waals surface area contributed by atoms with Gasteiger partial charge in [0.1, 0.15) is 11.4 Å². The molecule has 0 saturated heterocycles. The Morgan fingerprint density at radius 3 is 2.46 bits per heavy atom. The Morgan fingerprint density at radius 2 is 1.92 bits per heavy atom. The molecular weight excluding hydrogens is 308 g/mol. The summed E-state index contributed by atoms with van der Waals surface area (Å²) in [6.45, 7) is 1.93. The second kappa shape index (κ2) is 8.10. The van der Waals surface area contributed by atoms with Crippen LogP contribution in [-0.2, 0) is 6.42 Å². The number of nitrogens with zero attached hydrogens (tertiary/aromatic N) is 1. The molecule has 1 aromatic carbocycles. The molecule has 0 radical (unpaired) electrons. The number of methoxy groups -OCH3 is 1. The monoisotopic (exact) mass is 328 g/mol. The van der Waals surface area contributed by atoms with E-state index in [-0.39, 0.29) is 17.6 Å². The first-order valence-electron chi connectivity index (χ1n) is 7.62. The van der Waals surface area contributed by atoms with E-state index in [9.17, 15) is 9.59 Å². The molecule has 0 fully saturated rings. The number of aryl methyl sites for hydroxylation is 1. The van der Waals surface area contributed by atoms with Gasteiger partial charge in [0, 0.05) is 12.2 Å². The molecule has 2 N–H and O–H groups in total. The summed E-state index contributed by atoms with van der Waals surface area (Å²) in [7, 11) is 1.63. The molecular formula is C18H20N2O4. The molecule has 6 heteroatoms. The second-order valence-corrected chi connectivity index (χ2v) is 5.50. The van der Waals surface area contributed by atoms with Gasteiger partial charge in [-0.05, 0) is 49.6 Å². The lowest BCUT2D eigenvalue weighted by Gasteiger charge is -2.14. The van der Waals surface area contributed by atoms with Crippen molar-refractivity contribution in [2.24, 2.45) is 0 Å². The van der Waals surface area contributed by atoms with Gasteiger partial charge in [0.2, 0.25) is 0 Å². The van der Waals surface area contributed by atoms with Gasteiger partial charge < -0.3 is 15.2 Å². The van der Waals surface area contributed by atoms with Crippen LogP contribution in [0.2, 0.25) is 0 Å². The maximum atomic E-state index is 12.1. The molecule has 0 bridgehead atoms. The minimum absolute atomic E-state index is 0.0150. The SMILES string of the molecule is COc1ccc(CCC(C)NC(=O)c2ccc(C(=O)O)nc2)cc1. The predicted molar refractivity (Wildman–Crippen MR) is 89.4 cm³/mol. The predicted octanol–water partition coefficient (Wildman–Crippen LogP) is 2.54. The number of benzene rings is 1. The Labute approximate surface area is 140 Å². The van der Waals surface area contributed by atoms with E-state index in [1.807, 2.05) is 31.2 Å². The number of ether oxygens (including phenoxy) is 1. The van der Waals surface area contributed by atoms with Gasteiger partial charge in [-0.3, -0.25) is 4.79 Å². The number of hydrogen-bond acceptors (Lipinski definition) is 4. The summed E-state index contributed by atoms with van der Waals surface area (Å²) in [5.74, 6) is -0.561. The zero-order chi connectivity index (χ0) is 17.5. The van der Waals surface area contributed by atoms with Crippen molar-refractivity contribution < 1.29 is 19.4 Å². The van der Waals surface area contributed by atoms with Crippen LogP contribution in [0.1, 0.15) is 39.8 Å². The van der Waals surface area contributed by atoms with Crippen molar-refractivity contribution in [1.82, 2.24) is 10.3 Å². The van der Waals surface area contributed by atoms with Crippen LogP contribution in [0.4, 0.5) is 0 Å². The van der Waals surface area contributed by atoms with Crippen LogP contribution in [0.3, 0.4) is 0 Å². The molecule has 1 amide bonds. The number of pyridine rings is 1. The van der Waals surface area contributed by atoms with Gasteiger partial charge >= 0.3 is 5.97 Å². The van der Waals surface area contributed by atoms with Crippen LogP contribution in [0.15, 0.2) is 42.6 Å². The average Bonchev–Trinajstić information content (AvgIpc) is 2.60. The summed E-state index contributed by atoms with van der Waals surface area (Å²) in [5, 5.41) is 11.7. The van der Waals surface area contributed by atoms with E-state index in [1.165, 1.54) is 23.9 Å². The highest BCUT2D eigenvalue weighted by Crippen LogP contribution is 2.13. The molecule has 126 valence electrons. The summed E-state index contributed by atoms with van der Waals surface area (Å²) in [5.41, 5.74) is 1.43. The Morgan fingerprint density at radius 1 is 1.21 bits per heavy atom. The number of hydrogen-bond donors (Lipinski definition) is 2. The van der Waals surface area contributed by atoms with Crippen LogP contribution in [0.25, 0.3) is 0 Å². The molecule has 6 nitrogen and oxygen atoms in total. The van der Waals surface area contributed by atoms with Crippen molar-refractivity contribution >= 4 is 11.9 Å². The molecule has 1 atom stereocenters. The van der Waals surface area contributed by atoms with Gasteiger partial charge in [-0.1, -0.05) is 12.1 Å². The first-order chi connectivity index (χ1) is 11.5. The number of carbonyl (C=O) groups is 2. The third kappa shape index (κ3) is 4.81. The highest BCUT2D eigenvalue weighted by Gasteiger charge is 2.12. The first kappa shape index (κ1) is 17.5. The summed E-state index contributed by atoms with van der Waals surface area (Å²) in [6, 6.07) is 10.6. The van der Waals surface area contributed by atoms with E-state index in [4.69, 9.17) is 9.84 Å². The molecule has 0 aliphatic heterocycles. The fourth-order valence-electron chi connectivity index (χ4n) is 2.21. The van der Waals surface area contributed by atoms with E-state index in [1.54, 1.807) is 7.11 Å². The lowest BCUT2D eigenvalue weighted by Crippen LogP contribution is -2.33. The Bertz CT molecular complexity index is 696. The van der Waals surface area contributed by atoms with Gasteiger partial charge in [0.05, 0.1) is 12.7 Å². The van der Waals surface area contributed by atoms with Crippen LogP contribution in [0, 0.1) is 0 Å². The molecule has 0 aliphatic rings. The molecule has 0 aliphatic carbocycles. The second-order valence-electron chi connectivity index (χ2n) is 5.50. The van der Waals surface area contributed by atoms with Gasteiger partial charge in [0.15, 0.2) is 0 Å². The number of nitrogens with one attached hydrogen (secondary N) is 1. The zero-order valence-corrected chi connectivity index (χ0v) is 13.7. The molecule has 1 unspecified atom stereocenters. The molecule has 0 spiro atoms. The highest BCUT2D eigenvalue weighted by atomic mass is 16.5. The topological polar surface area (TPSA) is 88.5 Å². The van der Waals surface area contributed by atoms with Crippen LogP contribution >= 0.6 is 0 Å². The summed E-state index contributed by atoms with van der Waals surface area (Å²) in [4.78, 5) is 26.6. The van der Waals surface area contributed by atoms with E-state index in [2.05, 4.69) is 10.3 Å². The van der Waals surface area contributed by atoms with Crippen LogP contribution in [0.5, 0.6) is 5.75 Å². The number of rotatable bonds is 7. The third-order valence-corrected chi connectivity index (χ3v) is 3.65. The van der Waals surface area contributed by atoms with E-state index >= 15 is 0 Å². The molecule has 0 saturated carbocycles. The fourth-order valence-corrected chi connectivity index (χ4v) is 2.21. The summed E-state index contributed by atoms with van der Waals surface area (Å²) < 4.78 is 5.12. The summed E-state index contributed by atoms with van der Waals surface area (Å²) >= 11 is 0. The minimum atomic E-state index is -1.12. The largest absolute Gasteiger partial charge is 0.497 e. The van der Waals surface area contributed by atoms with Gasteiger partial charge in [-0.25, -0.2) is 9.78 Å². The van der Waals surface area contributed by atoms with Crippen LogP contribution in [-0.4, -0.2) is 35.1 Å². The molecule has 1 heterocycles. The van der Waals surface area contributed by atoms with Crippen molar-refractivity contribution in [1.29, 1.82) is 0 Å². The van der Waals surface area contributed by atoms with E-state index in [0.717, 1.165) is 18.6 Å². The number of carboxylic acids is 1. The van der Waals surface area contributed by atoms with E-state index < -0.39 is 5.97 Å². The highest BCUT2D eigenvalue weighted by molar-refractivity contribution is 5.95. The molecule has 2 rings (SSSR count). The lowest BCUT2D eigenvalue weighted by atomic mass is 10.1. The standard InChI is InChI=1S/C18H20N2O4/c1-12(3-4-13-5-8-15(24-2)9-6-13)20-17(21)14-7-10-16(18(22)23)19-11-14/h5-12H,3-4H2,1-2H3,(H,20,21)(H,22,23). The first-order valence-corrected chi connectivity index (χ1v) is 7.62. The Balaban J connectivity index is 1.85.